The quantitative estimate of drug-likeness (QED) is 0.400. The number of hydrogen-bond acceptors (Lipinski definition) is 6. The maximum atomic E-state index is 4.95. The van der Waals surface area contributed by atoms with Gasteiger partial charge in [0.1, 0.15) is 12.2 Å². The molecule has 0 radical (unpaired) electrons. The molecule has 158 valence electrons. The van der Waals surface area contributed by atoms with Crippen LogP contribution in [0.15, 0.2) is 61.1 Å². The zero-order valence-corrected chi connectivity index (χ0v) is 17.6. The number of aryl methyl sites for hydroxylation is 1. The van der Waals surface area contributed by atoms with E-state index in [9.17, 15) is 0 Å². The molecule has 32 heavy (non-hydrogen) atoms. The van der Waals surface area contributed by atoms with Crippen molar-refractivity contribution in [1.29, 1.82) is 0 Å². The molecule has 1 aromatic carbocycles. The molecule has 0 fully saturated rings. The number of pyridine rings is 2. The molecule has 8 heteroatoms. The number of nitrogens with zero attached hydrogens (tertiary/aromatic N) is 5. The molecule has 0 bridgehead atoms. The molecule has 4 aromatic heterocycles. The van der Waals surface area contributed by atoms with Crippen molar-refractivity contribution in [3.05, 3.63) is 83.7 Å². The van der Waals surface area contributed by atoms with Crippen molar-refractivity contribution in [1.82, 2.24) is 34.9 Å². The number of benzene rings is 1. The second-order valence-corrected chi connectivity index (χ2v) is 7.95. The summed E-state index contributed by atoms with van der Waals surface area (Å²) < 4.78 is 1.76. The standard InChI is InChI=1S/C24H22N8/c1-15-4-2-7-20(29-15)24-23(17-8-9-22-27-14-28-32(22)13-17)30-21(31-24)12-26-19-6-3-5-16-10-25-11-18(16)19/h2-9,13-14,25-26H,10-12H2,1H3,(H,30,31). The highest BCUT2D eigenvalue weighted by Crippen LogP contribution is 2.30. The molecule has 0 saturated carbocycles. The van der Waals surface area contributed by atoms with Crippen LogP contribution in [0.1, 0.15) is 22.6 Å². The van der Waals surface area contributed by atoms with Crippen molar-refractivity contribution in [3.8, 4) is 22.6 Å². The molecule has 0 aliphatic carbocycles. The van der Waals surface area contributed by atoms with Gasteiger partial charge >= 0.3 is 0 Å². The van der Waals surface area contributed by atoms with Crippen LogP contribution < -0.4 is 10.6 Å². The summed E-state index contributed by atoms with van der Waals surface area (Å²) in [6.45, 7) is 4.39. The van der Waals surface area contributed by atoms with Crippen LogP contribution in [0.25, 0.3) is 28.3 Å². The summed E-state index contributed by atoms with van der Waals surface area (Å²) in [7, 11) is 0. The summed E-state index contributed by atoms with van der Waals surface area (Å²) in [5, 5.41) is 11.2. The number of nitrogens with one attached hydrogen (secondary N) is 3. The van der Waals surface area contributed by atoms with Gasteiger partial charge in [-0.05, 0) is 48.4 Å². The molecule has 0 spiro atoms. The van der Waals surface area contributed by atoms with E-state index in [1.807, 2.05) is 43.5 Å². The molecule has 8 nitrogen and oxygen atoms in total. The maximum Gasteiger partial charge on any atom is 0.155 e. The Balaban J connectivity index is 1.39. The third-order valence-corrected chi connectivity index (χ3v) is 5.78. The number of aromatic nitrogens is 6. The van der Waals surface area contributed by atoms with Gasteiger partial charge < -0.3 is 15.6 Å². The number of rotatable bonds is 5. The second-order valence-electron chi connectivity index (χ2n) is 7.95. The first kappa shape index (κ1) is 18.7. The van der Waals surface area contributed by atoms with Crippen LogP contribution in [0.3, 0.4) is 0 Å². The SMILES string of the molecule is Cc1cccc(-c2[nH]c(CNc3cccc4c3CNC4)nc2-c2ccc3ncnn3c2)n1. The van der Waals surface area contributed by atoms with E-state index in [0.29, 0.717) is 6.54 Å². The average molecular weight is 422 g/mol. The highest BCUT2D eigenvalue weighted by molar-refractivity contribution is 5.77. The second kappa shape index (κ2) is 7.58. The maximum absolute atomic E-state index is 4.95. The van der Waals surface area contributed by atoms with Gasteiger partial charge in [-0.25, -0.2) is 14.5 Å². The Labute approximate surface area is 184 Å². The third kappa shape index (κ3) is 3.30. The largest absolute Gasteiger partial charge is 0.378 e. The number of aromatic amines is 1. The van der Waals surface area contributed by atoms with Crippen molar-refractivity contribution in [2.24, 2.45) is 0 Å². The molecule has 1 aliphatic heterocycles. The van der Waals surface area contributed by atoms with Crippen LogP contribution in [0.2, 0.25) is 0 Å². The van der Waals surface area contributed by atoms with Gasteiger partial charge in [0.25, 0.3) is 0 Å². The molecule has 0 amide bonds. The van der Waals surface area contributed by atoms with E-state index in [0.717, 1.165) is 58.6 Å². The van der Waals surface area contributed by atoms with Crippen LogP contribution in [-0.4, -0.2) is 29.5 Å². The normalized spacial score (nSPS) is 12.9. The number of hydrogen-bond donors (Lipinski definition) is 3. The fourth-order valence-electron chi connectivity index (χ4n) is 4.22. The van der Waals surface area contributed by atoms with Crippen LogP contribution in [0.5, 0.6) is 0 Å². The lowest BCUT2D eigenvalue weighted by molar-refractivity contribution is 0.765. The molecular weight excluding hydrogens is 400 g/mol. The van der Waals surface area contributed by atoms with Gasteiger partial charge in [-0.3, -0.25) is 4.98 Å². The van der Waals surface area contributed by atoms with Gasteiger partial charge in [-0.2, -0.15) is 5.10 Å². The van der Waals surface area contributed by atoms with Gasteiger partial charge in [0, 0.05) is 36.2 Å². The highest BCUT2D eigenvalue weighted by Gasteiger charge is 2.18. The molecule has 6 rings (SSSR count). The summed E-state index contributed by atoms with van der Waals surface area (Å²) >= 11 is 0. The molecule has 1 aliphatic rings. The number of anilines is 1. The van der Waals surface area contributed by atoms with E-state index in [1.165, 1.54) is 11.1 Å². The summed E-state index contributed by atoms with van der Waals surface area (Å²) in [5.74, 6) is 0.848. The molecule has 0 unspecified atom stereocenters. The topological polar surface area (TPSA) is 95.8 Å². The summed E-state index contributed by atoms with van der Waals surface area (Å²) in [5.41, 5.74) is 9.13. The first-order valence-electron chi connectivity index (χ1n) is 10.6. The predicted molar refractivity (Wildman–Crippen MR) is 123 cm³/mol. The summed E-state index contributed by atoms with van der Waals surface area (Å²) in [4.78, 5) is 17.4. The van der Waals surface area contributed by atoms with E-state index in [2.05, 4.69) is 43.9 Å². The lowest BCUT2D eigenvalue weighted by Crippen LogP contribution is -2.05. The van der Waals surface area contributed by atoms with Crippen molar-refractivity contribution in [3.63, 3.8) is 0 Å². The minimum atomic E-state index is 0.584. The zero-order chi connectivity index (χ0) is 21.5. The van der Waals surface area contributed by atoms with E-state index in [4.69, 9.17) is 9.97 Å². The number of imidazole rings is 1. The van der Waals surface area contributed by atoms with Crippen molar-refractivity contribution in [2.45, 2.75) is 26.6 Å². The first-order valence-corrected chi connectivity index (χ1v) is 10.6. The van der Waals surface area contributed by atoms with Gasteiger partial charge in [0.05, 0.1) is 23.6 Å². The van der Waals surface area contributed by atoms with Gasteiger partial charge in [0.2, 0.25) is 0 Å². The summed E-state index contributed by atoms with van der Waals surface area (Å²) in [6, 6.07) is 16.4. The lowest BCUT2D eigenvalue weighted by atomic mass is 10.1. The highest BCUT2D eigenvalue weighted by atomic mass is 15.3. The van der Waals surface area contributed by atoms with Crippen LogP contribution in [0, 0.1) is 6.92 Å². The van der Waals surface area contributed by atoms with E-state index >= 15 is 0 Å². The van der Waals surface area contributed by atoms with Crippen LogP contribution in [0.4, 0.5) is 5.69 Å². The minimum absolute atomic E-state index is 0.584. The Hall–Kier alpha value is -4.04. The third-order valence-electron chi connectivity index (χ3n) is 5.78. The average Bonchev–Trinajstić information content (AvgIpc) is 3.56. The Morgan fingerprint density at radius 2 is 1.97 bits per heavy atom. The Morgan fingerprint density at radius 1 is 1.03 bits per heavy atom. The molecule has 3 N–H and O–H groups in total. The van der Waals surface area contributed by atoms with Crippen LogP contribution >= 0.6 is 0 Å². The van der Waals surface area contributed by atoms with E-state index in [-0.39, 0.29) is 0 Å². The van der Waals surface area contributed by atoms with Gasteiger partial charge in [0.15, 0.2) is 5.65 Å². The van der Waals surface area contributed by atoms with Gasteiger partial charge in [-0.15, -0.1) is 0 Å². The molecule has 5 heterocycles. The monoisotopic (exact) mass is 422 g/mol. The molecular formula is C24H22N8. The molecule has 0 atom stereocenters. The zero-order valence-electron chi connectivity index (χ0n) is 17.6. The van der Waals surface area contributed by atoms with Crippen molar-refractivity contribution >= 4 is 11.3 Å². The summed E-state index contributed by atoms with van der Waals surface area (Å²) in [6.07, 6.45) is 3.50. The molecule has 0 saturated heterocycles. The van der Waals surface area contributed by atoms with Gasteiger partial charge in [-0.1, -0.05) is 18.2 Å². The fraction of sp³-hybridized carbons (Fsp3) is 0.167. The fourth-order valence-corrected chi connectivity index (χ4v) is 4.22. The van der Waals surface area contributed by atoms with Crippen molar-refractivity contribution < 1.29 is 0 Å². The predicted octanol–water partition coefficient (Wildman–Crippen LogP) is 3.71. The lowest BCUT2D eigenvalue weighted by Gasteiger charge is -2.09. The Kier molecular flexibility index (Phi) is 4.43. The van der Waals surface area contributed by atoms with E-state index in [1.54, 1.807) is 10.8 Å². The minimum Gasteiger partial charge on any atom is -0.378 e. The molecule has 5 aromatic rings. The smallest absolute Gasteiger partial charge is 0.155 e. The Morgan fingerprint density at radius 3 is 2.91 bits per heavy atom. The first-order chi connectivity index (χ1) is 15.7. The Bertz CT molecular complexity index is 1430. The van der Waals surface area contributed by atoms with E-state index < -0.39 is 0 Å². The van der Waals surface area contributed by atoms with Crippen molar-refractivity contribution in [2.75, 3.05) is 5.32 Å². The number of fused-ring (bicyclic) bond motifs is 2. The van der Waals surface area contributed by atoms with Crippen LogP contribution in [-0.2, 0) is 19.6 Å². The number of H-pyrrole nitrogens is 1.